The molecule has 2 heterocycles. The summed E-state index contributed by atoms with van der Waals surface area (Å²) < 4.78 is 0. The molecule has 3 N–H and O–H groups in total. The molecule has 3 rings (SSSR count). The van der Waals surface area contributed by atoms with Crippen molar-refractivity contribution in [1.29, 1.82) is 0 Å². The molecule has 1 amide bonds. The molecule has 1 aromatic carbocycles. The van der Waals surface area contributed by atoms with Crippen LogP contribution in [0.2, 0.25) is 0 Å². The van der Waals surface area contributed by atoms with E-state index >= 15 is 0 Å². The number of nitrogens with one attached hydrogen (secondary N) is 2. The van der Waals surface area contributed by atoms with Gasteiger partial charge in [-0.3, -0.25) is 14.9 Å². The normalized spacial score (nSPS) is 10.5. The fourth-order valence-corrected chi connectivity index (χ4v) is 1.77. The number of hydrogen-bond donors (Lipinski definition) is 3. The number of hydrogen-bond acceptors (Lipinski definition) is 4. The van der Waals surface area contributed by atoms with Crippen molar-refractivity contribution in [3.63, 3.8) is 0 Å². The van der Waals surface area contributed by atoms with Gasteiger partial charge in [0.25, 0.3) is 5.91 Å². The summed E-state index contributed by atoms with van der Waals surface area (Å²) in [5, 5.41) is 19.7. The van der Waals surface area contributed by atoms with Crippen LogP contribution in [0.1, 0.15) is 10.4 Å². The highest BCUT2D eigenvalue weighted by Crippen LogP contribution is 2.17. The second-order valence-electron chi connectivity index (χ2n) is 4.06. The van der Waals surface area contributed by atoms with Crippen molar-refractivity contribution in [3.8, 4) is 5.75 Å². The molecule has 19 heavy (non-hydrogen) atoms. The van der Waals surface area contributed by atoms with Gasteiger partial charge in [-0.25, -0.2) is 0 Å². The number of aromatic hydroxyl groups is 1. The largest absolute Gasteiger partial charge is 0.506 e. The molecule has 0 radical (unpaired) electrons. The Kier molecular flexibility index (Phi) is 2.60. The summed E-state index contributed by atoms with van der Waals surface area (Å²) in [4.78, 5) is 15.7. The highest BCUT2D eigenvalue weighted by Gasteiger charge is 2.08. The van der Waals surface area contributed by atoms with Crippen LogP contribution < -0.4 is 5.32 Å². The number of nitrogens with zero attached hydrogens (tertiary/aromatic N) is 2. The van der Waals surface area contributed by atoms with Gasteiger partial charge in [0.05, 0.1) is 23.5 Å². The molecule has 6 heteroatoms. The average molecular weight is 254 g/mol. The lowest BCUT2D eigenvalue weighted by atomic mass is 10.2. The fraction of sp³-hybridized carbons (Fsp3) is 0. The van der Waals surface area contributed by atoms with E-state index in [2.05, 4.69) is 20.5 Å². The lowest BCUT2D eigenvalue weighted by Gasteiger charge is -2.05. The molecule has 6 nitrogen and oxygen atoms in total. The minimum absolute atomic E-state index is 0.0447. The molecule has 0 spiro atoms. The third-order valence-electron chi connectivity index (χ3n) is 2.69. The average Bonchev–Trinajstić information content (AvgIpc) is 2.86. The molecule has 3 aromatic rings. The number of H-pyrrole nitrogens is 1. The Balaban J connectivity index is 1.86. The number of aromatic nitrogens is 3. The van der Waals surface area contributed by atoms with E-state index in [-0.39, 0.29) is 11.7 Å². The van der Waals surface area contributed by atoms with E-state index in [9.17, 15) is 9.90 Å². The maximum atomic E-state index is 12.0. The molecule has 0 aliphatic carbocycles. The van der Waals surface area contributed by atoms with Gasteiger partial charge in [0.15, 0.2) is 0 Å². The van der Waals surface area contributed by atoms with Crippen molar-refractivity contribution in [2.24, 2.45) is 0 Å². The minimum Gasteiger partial charge on any atom is -0.506 e. The lowest BCUT2D eigenvalue weighted by molar-refractivity contribution is 0.102. The van der Waals surface area contributed by atoms with Crippen LogP contribution in [0.4, 0.5) is 5.69 Å². The Bertz CT molecular complexity index is 751. The molecule has 0 fully saturated rings. The number of carbonyl (C=O) groups is 1. The maximum absolute atomic E-state index is 12.0. The van der Waals surface area contributed by atoms with E-state index in [1.54, 1.807) is 18.3 Å². The highest BCUT2D eigenvalue weighted by atomic mass is 16.3. The van der Waals surface area contributed by atoms with Crippen LogP contribution in [0.25, 0.3) is 10.9 Å². The number of rotatable bonds is 2. The number of carbonyl (C=O) groups excluding carboxylic acids is 1. The first-order valence-corrected chi connectivity index (χ1v) is 5.61. The molecule has 0 unspecified atom stereocenters. The lowest BCUT2D eigenvalue weighted by Crippen LogP contribution is -2.11. The van der Waals surface area contributed by atoms with Gasteiger partial charge in [-0.15, -0.1) is 0 Å². The zero-order valence-corrected chi connectivity index (χ0v) is 9.79. The minimum atomic E-state index is -0.331. The highest BCUT2D eigenvalue weighted by molar-refractivity contribution is 6.05. The van der Waals surface area contributed by atoms with Crippen molar-refractivity contribution in [1.82, 2.24) is 15.2 Å². The van der Waals surface area contributed by atoms with Gasteiger partial charge in [-0.2, -0.15) is 5.10 Å². The van der Waals surface area contributed by atoms with Crippen LogP contribution in [-0.2, 0) is 0 Å². The van der Waals surface area contributed by atoms with Crippen molar-refractivity contribution >= 4 is 22.5 Å². The van der Waals surface area contributed by atoms with Crippen LogP contribution in [0.3, 0.4) is 0 Å². The zero-order chi connectivity index (χ0) is 13.2. The fourth-order valence-electron chi connectivity index (χ4n) is 1.77. The summed E-state index contributed by atoms with van der Waals surface area (Å²) >= 11 is 0. The van der Waals surface area contributed by atoms with Crippen molar-refractivity contribution in [3.05, 3.63) is 48.4 Å². The van der Waals surface area contributed by atoms with Gasteiger partial charge >= 0.3 is 0 Å². The van der Waals surface area contributed by atoms with E-state index in [1.807, 2.05) is 6.07 Å². The second kappa shape index (κ2) is 4.41. The predicted octanol–water partition coefficient (Wildman–Crippen LogP) is 1.92. The third-order valence-corrected chi connectivity index (χ3v) is 2.69. The van der Waals surface area contributed by atoms with E-state index in [0.29, 0.717) is 11.3 Å². The SMILES string of the molecule is O=C(Nc1ccc2cn[nH]c2c1)c1cncc(O)c1. The Labute approximate surface area is 108 Å². The summed E-state index contributed by atoms with van der Waals surface area (Å²) in [7, 11) is 0. The quantitative estimate of drug-likeness (QED) is 0.651. The molecule has 94 valence electrons. The van der Waals surface area contributed by atoms with Crippen LogP contribution in [-0.4, -0.2) is 26.2 Å². The molecule has 0 aliphatic heterocycles. The summed E-state index contributed by atoms with van der Waals surface area (Å²) in [6, 6.07) is 6.79. The van der Waals surface area contributed by atoms with Gasteiger partial charge in [0.1, 0.15) is 5.75 Å². The molecule has 0 saturated heterocycles. The first kappa shape index (κ1) is 11.2. The summed E-state index contributed by atoms with van der Waals surface area (Å²) in [6.45, 7) is 0. The van der Waals surface area contributed by atoms with Gasteiger partial charge in [0.2, 0.25) is 0 Å². The predicted molar refractivity (Wildman–Crippen MR) is 69.9 cm³/mol. The number of aromatic amines is 1. The van der Waals surface area contributed by atoms with Gasteiger partial charge in [-0.1, -0.05) is 0 Å². The Morgan fingerprint density at radius 2 is 2.11 bits per heavy atom. The van der Waals surface area contributed by atoms with Crippen LogP contribution in [0.15, 0.2) is 42.9 Å². The van der Waals surface area contributed by atoms with Gasteiger partial charge < -0.3 is 10.4 Å². The van der Waals surface area contributed by atoms with Gasteiger partial charge in [0, 0.05) is 17.3 Å². The third kappa shape index (κ3) is 2.23. The Morgan fingerprint density at radius 3 is 2.95 bits per heavy atom. The first-order valence-electron chi connectivity index (χ1n) is 5.61. The van der Waals surface area contributed by atoms with E-state index in [0.717, 1.165) is 10.9 Å². The molecule has 0 bridgehead atoms. The molecule has 0 saturated carbocycles. The number of anilines is 1. The first-order chi connectivity index (χ1) is 9.22. The maximum Gasteiger partial charge on any atom is 0.257 e. The van der Waals surface area contributed by atoms with Crippen molar-refractivity contribution in [2.45, 2.75) is 0 Å². The van der Waals surface area contributed by atoms with Crippen LogP contribution >= 0.6 is 0 Å². The smallest absolute Gasteiger partial charge is 0.257 e. The van der Waals surface area contributed by atoms with Crippen LogP contribution in [0, 0.1) is 0 Å². The topological polar surface area (TPSA) is 90.9 Å². The summed E-state index contributed by atoms with van der Waals surface area (Å²) in [6.07, 6.45) is 4.37. The summed E-state index contributed by atoms with van der Waals surface area (Å²) in [5.41, 5.74) is 1.78. The zero-order valence-electron chi connectivity index (χ0n) is 9.79. The number of fused-ring (bicyclic) bond motifs is 1. The van der Waals surface area contributed by atoms with E-state index < -0.39 is 0 Å². The number of benzene rings is 1. The monoisotopic (exact) mass is 254 g/mol. The van der Waals surface area contributed by atoms with Crippen molar-refractivity contribution in [2.75, 3.05) is 5.32 Å². The molecule has 0 aliphatic rings. The summed E-state index contributed by atoms with van der Waals surface area (Å²) in [5.74, 6) is -0.376. The number of pyridine rings is 1. The Morgan fingerprint density at radius 1 is 1.21 bits per heavy atom. The standard InChI is InChI=1S/C13H10N4O2/c18-11-3-9(5-14-7-11)13(19)16-10-2-1-8-6-15-17-12(8)4-10/h1-7,18H,(H,15,17)(H,16,19). The Hall–Kier alpha value is -2.89. The van der Waals surface area contributed by atoms with Crippen molar-refractivity contribution < 1.29 is 9.90 Å². The number of amides is 1. The molecule has 2 aromatic heterocycles. The second-order valence-corrected chi connectivity index (χ2v) is 4.06. The molecular weight excluding hydrogens is 244 g/mol. The van der Waals surface area contributed by atoms with E-state index in [4.69, 9.17) is 0 Å². The molecular formula is C13H10N4O2. The molecule has 0 atom stereocenters. The van der Waals surface area contributed by atoms with E-state index in [1.165, 1.54) is 18.5 Å². The van der Waals surface area contributed by atoms with Gasteiger partial charge in [-0.05, 0) is 24.3 Å². The van der Waals surface area contributed by atoms with Crippen LogP contribution in [0.5, 0.6) is 5.75 Å².